The van der Waals surface area contributed by atoms with Crippen molar-refractivity contribution in [2.24, 2.45) is 5.41 Å². The van der Waals surface area contributed by atoms with E-state index in [1.54, 1.807) is 13.8 Å². The van der Waals surface area contributed by atoms with Gasteiger partial charge in [0, 0.05) is 5.41 Å². The summed E-state index contributed by atoms with van der Waals surface area (Å²) in [6.07, 6.45) is 0. The number of rotatable bonds is 2. The van der Waals surface area contributed by atoms with Gasteiger partial charge in [-0.3, -0.25) is 0 Å². The van der Waals surface area contributed by atoms with Gasteiger partial charge in [-0.15, -0.1) is 0 Å². The minimum absolute atomic E-state index is 0.0278. The lowest BCUT2D eigenvalue weighted by molar-refractivity contribution is 0.143. The van der Waals surface area contributed by atoms with Crippen LogP contribution in [-0.4, -0.2) is 16.8 Å². The van der Waals surface area contributed by atoms with E-state index in [-0.39, 0.29) is 12.4 Å². The Balaban J connectivity index is 3.91. The minimum atomic E-state index is -0.542. The molecule has 0 aromatic heterocycles. The monoisotopic (exact) mass is 116 g/mol. The van der Waals surface area contributed by atoms with Crippen LogP contribution in [0.3, 0.4) is 0 Å². The van der Waals surface area contributed by atoms with Gasteiger partial charge >= 0.3 is 0 Å². The third-order valence-corrected chi connectivity index (χ3v) is 1.18. The van der Waals surface area contributed by atoms with E-state index < -0.39 is 5.41 Å². The van der Waals surface area contributed by atoms with E-state index in [0.29, 0.717) is 0 Å². The van der Waals surface area contributed by atoms with Crippen molar-refractivity contribution >= 4 is 0 Å². The SMILES string of the molecule is C=C(O)C(C)(C)CO. The molecule has 0 saturated heterocycles. The maximum absolute atomic E-state index is 8.73. The number of hydrogen-bond donors (Lipinski definition) is 2. The predicted molar refractivity (Wildman–Crippen MR) is 32.6 cm³/mol. The molecule has 2 nitrogen and oxygen atoms in total. The van der Waals surface area contributed by atoms with Crippen molar-refractivity contribution in [2.75, 3.05) is 6.61 Å². The highest BCUT2D eigenvalue weighted by atomic mass is 16.3. The predicted octanol–water partition coefficient (Wildman–Crippen LogP) is 1.08. The molecule has 48 valence electrons. The highest BCUT2D eigenvalue weighted by molar-refractivity contribution is 4.95. The van der Waals surface area contributed by atoms with E-state index in [0.717, 1.165) is 0 Å². The molecule has 0 aromatic rings. The van der Waals surface area contributed by atoms with Crippen molar-refractivity contribution in [3.63, 3.8) is 0 Å². The van der Waals surface area contributed by atoms with Crippen molar-refractivity contribution in [2.45, 2.75) is 13.8 Å². The molecule has 0 saturated carbocycles. The maximum atomic E-state index is 8.73. The fourth-order valence-corrected chi connectivity index (χ4v) is 0.0913. The van der Waals surface area contributed by atoms with Crippen LogP contribution >= 0.6 is 0 Å². The zero-order valence-electron chi connectivity index (χ0n) is 5.31. The Bertz CT molecular complexity index is 94.7. The van der Waals surface area contributed by atoms with Gasteiger partial charge in [0.05, 0.1) is 12.4 Å². The van der Waals surface area contributed by atoms with Crippen LogP contribution in [0.25, 0.3) is 0 Å². The van der Waals surface area contributed by atoms with E-state index in [9.17, 15) is 0 Å². The molecule has 2 heteroatoms. The van der Waals surface area contributed by atoms with Crippen LogP contribution in [0, 0.1) is 5.41 Å². The van der Waals surface area contributed by atoms with Gasteiger partial charge < -0.3 is 10.2 Å². The van der Waals surface area contributed by atoms with Gasteiger partial charge in [0.1, 0.15) is 0 Å². The summed E-state index contributed by atoms with van der Waals surface area (Å²) in [5.41, 5.74) is -0.542. The van der Waals surface area contributed by atoms with Crippen LogP contribution in [-0.2, 0) is 0 Å². The Kier molecular flexibility index (Phi) is 2.04. The summed E-state index contributed by atoms with van der Waals surface area (Å²) in [5.74, 6) is 0.0278. The van der Waals surface area contributed by atoms with E-state index in [2.05, 4.69) is 6.58 Å². The Morgan fingerprint density at radius 1 is 1.62 bits per heavy atom. The molecule has 0 radical (unpaired) electrons. The summed E-state index contributed by atoms with van der Waals surface area (Å²) in [7, 11) is 0. The maximum Gasteiger partial charge on any atom is 0.0930 e. The lowest BCUT2D eigenvalue weighted by atomic mass is 9.93. The number of aliphatic hydroxyl groups excluding tert-OH is 2. The zero-order valence-corrected chi connectivity index (χ0v) is 5.31. The van der Waals surface area contributed by atoms with Gasteiger partial charge in [-0.05, 0) is 0 Å². The van der Waals surface area contributed by atoms with Gasteiger partial charge in [-0.1, -0.05) is 20.4 Å². The molecule has 0 atom stereocenters. The third-order valence-electron chi connectivity index (χ3n) is 1.18. The molecule has 0 unspecified atom stereocenters. The molecule has 0 heterocycles. The molecular weight excluding hydrogens is 104 g/mol. The van der Waals surface area contributed by atoms with Gasteiger partial charge in [0.25, 0.3) is 0 Å². The smallest absolute Gasteiger partial charge is 0.0930 e. The molecular formula is C6H12O2. The summed E-state index contributed by atoms with van der Waals surface area (Å²) in [4.78, 5) is 0. The third kappa shape index (κ3) is 1.54. The largest absolute Gasteiger partial charge is 0.512 e. The lowest BCUT2D eigenvalue weighted by Crippen LogP contribution is -2.18. The topological polar surface area (TPSA) is 40.5 Å². The average molecular weight is 116 g/mol. The number of aliphatic hydroxyl groups is 2. The quantitative estimate of drug-likeness (QED) is 0.530. The Morgan fingerprint density at radius 2 is 2.00 bits per heavy atom. The van der Waals surface area contributed by atoms with E-state index >= 15 is 0 Å². The Morgan fingerprint density at radius 3 is 2.00 bits per heavy atom. The molecule has 0 aliphatic heterocycles. The second-order valence-corrected chi connectivity index (χ2v) is 2.49. The highest BCUT2D eigenvalue weighted by Gasteiger charge is 2.19. The van der Waals surface area contributed by atoms with Gasteiger partial charge in [-0.25, -0.2) is 0 Å². The van der Waals surface area contributed by atoms with Crippen molar-refractivity contribution in [3.8, 4) is 0 Å². The summed E-state index contributed by atoms with van der Waals surface area (Å²) in [6.45, 7) is 6.66. The molecule has 0 aliphatic carbocycles. The second kappa shape index (κ2) is 2.18. The molecule has 2 N–H and O–H groups in total. The Labute approximate surface area is 49.5 Å². The van der Waals surface area contributed by atoms with Gasteiger partial charge in [0.15, 0.2) is 0 Å². The first-order valence-corrected chi connectivity index (χ1v) is 2.50. The summed E-state index contributed by atoms with van der Waals surface area (Å²) < 4.78 is 0. The van der Waals surface area contributed by atoms with Crippen LogP contribution < -0.4 is 0 Å². The molecule has 0 bridgehead atoms. The lowest BCUT2D eigenvalue weighted by Gasteiger charge is -2.18. The van der Waals surface area contributed by atoms with Gasteiger partial charge in [0.2, 0.25) is 0 Å². The fraction of sp³-hybridized carbons (Fsp3) is 0.667. The van der Waals surface area contributed by atoms with E-state index in [1.165, 1.54) is 0 Å². The molecule has 0 aliphatic rings. The molecule has 0 fully saturated rings. The first-order chi connectivity index (χ1) is 3.50. The van der Waals surface area contributed by atoms with Crippen LogP contribution in [0.1, 0.15) is 13.8 Å². The van der Waals surface area contributed by atoms with Gasteiger partial charge in [-0.2, -0.15) is 0 Å². The molecule has 0 aromatic carbocycles. The molecule has 0 spiro atoms. The summed E-state index contributed by atoms with van der Waals surface area (Å²) in [5, 5.41) is 17.3. The van der Waals surface area contributed by atoms with Crippen LogP contribution in [0.5, 0.6) is 0 Å². The highest BCUT2D eigenvalue weighted by Crippen LogP contribution is 2.20. The van der Waals surface area contributed by atoms with Crippen LogP contribution in [0.15, 0.2) is 12.3 Å². The van der Waals surface area contributed by atoms with E-state index in [4.69, 9.17) is 10.2 Å². The summed E-state index contributed by atoms with van der Waals surface area (Å²) in [6, 6.07) is 0. The van der Waals surface area contributed by atoms with Crippen molar-refractivity contribution in [1.29, 1.82) is 0 Å². The summed E-state index contributed by atoms with van der Waals surface area (Å²) >= 11 is 0. The van der Waals surface area contributed by atoms with Crippen LogP contribution in [0.4, 0.5) is 0 Å². The minimum Gasteiger partial charge on any atom is -0.512 e. The van der Waals surface area contributed by atoms with Crippen molar-refractivity contribution in [1.82, 2.24) is 0 Å². The molecule has 0 rings (SSSR count). The zero-order chi connectivity index (χ0) is 6.78. The van der Waals surface area contributed by atoms with Crippen LogP contribution in [0.2, 0.25) is 0 Å². The normalized spacial score (nSPS) is 11.4. The van der Waals surface area contributed by atoms with E-state index in [1.807, 2.05) is 0 Å². The first-order valence-electron chi connectivity index (χ1n) is 2.50. The van der Waals surface area contributed by atoms with Crippen molar-refractivity contribution < 1.29 is 10.2 Å². The molecule has 0 amide bonds. The number of hydrogen-bond acceptors (Lipinski definition) is 2. The first kappa shape index (κ1) is 7.50. The molecule has 8 heavy (non-hydrogen) atoms. The second-order valence-electron chi connectivity index (χ2n) is 2.49. The standard InChI is InChI=1S/C6H12O2/c1-5(8)6(2,3)4-7/h7-8H,1,4H2,2-3H3. The fourth-order valence-electron chi connectivity index (χ4n) is 0.0913. The average Bonchev–Trinajstić information content (AvgIpc) is 1.67. The van der Waals surface area contributed by atoms with Crippen molar-refractivity contribution in [3.05, 3.63) is 12.3 Å². The Hall–Kier alpha value is -0.500.